The Morgan fingerprint density at radius 3 is 2.43 bits per heavy atom. The van der Waals surface area contributed by atoms with E-state index in [4.69, 9.17) is 4.74 Å². The maximum absolute atomic E-state index is 13.2. The number of nitrogens with zero attached hydrogens (tertiary/aromatic N) is 1. The molecule has 0 radical (unpaired) electrons. The zero-order valence-electron chi connectivity index (χ0n) is 16.4. The van der Waals surface area contributed by atoms with E-state index in [0.29, 0.717) is 11.3 Å². The highest BCUT2D eigenvalue weighted by molar-refractivity contribution is 5.56. The third-order valence-electron chi connectivity index (χ3n) is 6.10. The van der Waals surface area contributed by atoms with E-state index in [1.165, 1.54) is 12.1 Å². The molecule has 2 aromatic rings. The number of ether oxygens (including phenoxy) is 1. The fourth-order valence-electron chi connectivity index (χ4n) is 4.56. The number of hydrogen-bond acceptors (Lipinski definition) is 4. The normalized spacial score (nSPS) is 22.3. The number of aldehydes is 1. The molecule has 7 heteroatoms. The van der Waals surface area contributed by atoms with Crippen molar-refractivity contribution < 1.29 is 27.8 Å². The van der Waals surface area contributed by atoms with Crippen molar-refractivity contribution in [2.45, 2.75) is 31.4 Å². The summed E-state index contributed by atoms with van der Waals surface area (Å²) in [6.45, 7) is 1.53. The van der Waals surface area contributed by atoms with Gasteiger partial charge in [0.05, 0.1) is 13.0 Å². The van der Waals surface area contributed by atoms with Gasteiger partial charge in [-0.15, -0.1) is 0 Å². The summed E-state index contributed by atoms with van der Waals surface area (Å²) in [6, 6.07) is 12.2. The Hall–Kier alpha value is -2.70. The Bertz CT molecular complexity index is 890. The van der Waals surface area contributed by atoms with E-state index in [9.17, 15) is 23.1 Å². The number of carbonyl (C=O) groups excluding carboxylic acids is 1. The number of fused-ring (bicyclic) bond motifs is 1. The van der Waals surface area contributed by atoms with Gasteiger partial charge in [-0.05, 0) is 36.6 Å². The third kappa shape index (κ3) is 4.40. The molecule has 4 nitrogen and oxygen atoms in total. The van der Waals surface area contributed by atoms with Crippen molar-refractivity contribution in [2.24, 2.45) is 11.8 Å². The van der Waals surface area contributed by atoms with Crippen molar-refractivity contribution in [3.8, 4) is 11.5 Å². The lowest BCUT2D eigenvalue weighted by Gasteiger charge is -2.35. The number of hydrogen-bond donors (Lipinski definition) is 1. The number of aromatic hydroxyl groups is 1. The fraction of sp³-hybridized carbons (Fsp3) is 0.435. The quantitative estimate of drug-likeness (QED) is 0.717. The number of rotatable bonds is 4. The minimum atomic E-state index is -4.29. The average molecular weight is 419 g/mol. The van der Waals surface area contributed by atoms with Gasteiger partial charge < -0.3 is 19.5 Å². The molecular weight excluding hydrogens is 395 g/mol. The summed E-state index contributed by atoms with van der Waals surface area (Å²) in [5.74, 6) is -0.643. The van der Waals surface area contributed by atoms with E-state index in [-0.39, 0.29) is 18.3 Å². The summed E-state index contributed by atoms with van der Waals surface area (Å²) in [4.78, 5) is 13.2. The van der Waals surface area contributed by atoms with E-state index in [1.807, 2.05) is 24.3 Å². The Kier molecular flexibility index (Phi) is 5.62. The highest BCUT2D eigenvalue weighted by atomic mass is 19.4. The maximum Gasteiger partial charge on any atom is 0.389 e. The van der Waals surface area contributed by atoms with Crippen LogP contribution in [0.2, 0.25) is 0 Å². The molecule has 1 N–H and O–H groups in total. The predicted octanol–water partition coefficient (Wildman–Crippen LogP) is 4.90. The Labute approximate surface area is 173 Å². The van der Waals surface area contributed by atoms with Crippen LogP contribution in [0.15, 0.2) is 42.5 Å². The second-order valence-corrected chi connectivity index (χ2v) is 8.14. The Balaban J connectivity index is 1.61. The van der Waals surface area contributed by atoms with Gasteiger partial charge in [0.1, 0.15) is 17.8 Å². The zero-order valence-corrected chi connectivity index (χ0v) is 16.4. The molecule has 30 heavy (non-hydrogen) atoms. The summed E-state index contributed by atoms with van der Waals surface area (Å²) in [5.41, 5.74) is 2.47. The summed E-state index contributed by atoms with van der Waals surface area (Å²) in [7, 11) is 0. The zero-order chi connectivity index (χ0) is 21.3. The summed E-state index contributed by atoms with van der Waals surface area (Å²) >= 11 is 0. The highest BCUT2D eigenvalue weighted by Crippen LogP contribution is 2.46. The van der Waals surface area contributed by atoms with Crippen molar-refractivity contribution in [1.29, 1.82) is 0 Å². The van der Waals surface area contributed by atoms with Crippen molar-refractivity contribution in [1.82, 2.24) is 0 Å². The van der Waals surface area contributed by atoms with Gasteiger partial charge in [-0.25, -0.2) is 0 Å². The molecule has 0 bridgehead atoms. The van der Waals surface area contributed by atoms with E-state index in [2.05, 4.69) is 4.90 Å². The standard InChI is InChI=1S/C23H24F3NO3/c24-23(25,26)12-17-14-30-21-11-19(29)5-6-20(21)22(17)16-1-3-18(4-2-16)27-9-7-15(13-28)8-10-27/h1-6,11,13,15,17,22,29H,7-10,12,14H2/t17-,22-/m1/s1. The molecule has 2 aromatic carbocycles. The van der Waals surface area contributed by atoms with Crippen LogP contribution in [0.4, 0.5) is 18.9 Å². The number of alkyl halides is 3. The smallest absolute Gasteiger partial charge is 0.389 e. The molecule has 2 atom stereocenters. The first-order valence-corrected chi connectivity index (χ1v) is 10.2. The number of carbonyl (C=O) groups is 1. The number of phenols is 1. The van der Waals surface area contributed by atoms with Gasteiger partial charge in [-0.3, -0.25) is 0 Å². The van der Waals surface area contributed by atoms with Crippen LogP contribution < -0.4 is 9.64 Å². The first kappa shape index (κ1) is 20.6. The lowest BCUT2D eigenvalue weighted by Crippen LogP contribution is -2.34. The minimum Gasteiger partial charge on any atom is -0.508 e. The molecule has 0 spiro atoms. The van der Waals surface area contributed by atoms with E-state index in [0.717, 1.165) is 43.5 Å². The molecule has 1 saturated heterocycles. The van der Waals surface area contributed by atoms with Crippen LogP contribution in [0.5, 0.6) is 11.5 Å². The monoisotopic (exact) mass is 419 g/mol. The fourth-order valence-corrected chi connectivity index (χ4v) is 4.56. The van der Waals surface area contributed by atoms with Crippen LogP contribution in [0.1, 0.15) is 36.3 Å². The lowest BCUT2D eigenvalue weighted by atomic mass is 9.77. The van der Waals surface area contributed by atoms with E-state index < -0.39 is 24.4 Å². The number of anilines is 1. The van der Waals surface area contributed by atoms with Crippen LogP contribution in [0, 0.1) is 11.8 Å². The molecule has 0 aromatic heterocycles. The maximum atomic E-state index is 13.2. The molecule has 0 amide bonds. The van der Waals surface area contributed by atoms with Gasteiger partial charge in [-0.2, -0.15) is 13.2 Å². The largest absolute Gasteiger partial charge is 0.508 e. The van der Waals surface area contributed by atoms with Gasteiger partial charge in [0.2, 0.25) is 0 Å². The van der Waals surface area contributed by atoms with Crippen LogP contribution in [-0.4, -0.2) is 37.3 Å². The van der Waals surface area contributed by atoms with Crippen LogP contribution in [0.25, 0.3) is 0 Å². The van der Waals surface area contributed by atoms with Crippen molar-refractivity contribution in [3.05, 3.63) is 53.6 Å². The average Bonchev–Trinajstić information content (AvgIpc) is 2.73. The van der Waals surface area contributed by atoms with Crippen molar-refractivity contribution in [2.75, 3.05) is 24.6 Å². The van der Waals surface area contributed by atoms with Gasteiger partial charge in [-0.1, -0.05) is 18.2 Å². The summed E-state index contributed by atoms with van der Waals surface area (Å²) in [6.07, 6.45) is -2.57. The molecular formula is C23H24F3NO3. The molecule has 0 aliphatic carbocycles. The number of piperidine rings is 1. The third-order valence-corrected chi connectivity index (χ3v) is 6.10. The van der Waals surface area contributed by atoms with Crippen LogP contribution in [-0.2, 0) is 4.79 Å². The molecule has 2 aliphatic rings. The van der Waals surface area contributed by atoms with Crippen molar-refractivity contribution in [3.63, 3.8) is 0 Å². The lowest BCUT2D eigenvalue weighted by molar-refractivity contribution is -0.148. The number of halogens is 3. The summed E-state index contributed by atoms with van der Waals surface area (Å²) in [5, 5.41) is 9.73. The Morgan fingerprint density at radius 2 is 1.80 bits per heavy atom. The molecule has 2 heterocycles. The first-order chi connectivity index (χ1) is 14.3. The molecule has 0 unspecified atom stereocenters. The second-order valence-electron chi connectivity index (χ2n) is 8.14. The topological polar surface area (TPSA) is 49.8 Å². The highest BCUT2D eigenvalue weighted by Gasteiger charge is 2.40. The Morgan fingerprint density at radius 1 is 1.10 bits per heavy atom. The second kappa shape index (κ2) is 8.20. The van der Waals surface area contributed by atoms with Crippen molar-refractivity contribution >= 4 is 12.0 Å². The minimum absolute atomic E-state index is 0.0239. The molecule has 4 rings (SSSR count). The van der Waals surface area contributed by atoms with Gasteiger partial charge in [0.25, 0.3) is 0 Å². The van der Waals surface area contributed by atoms with Gasteiger partial charge >= 0.3 is 6.18 Å². The number of benzene rings is 2. The van der Waals surface area contributed by atoms with Crippen LogP contribution >= 0.6 is 0 Å². The number of phenolic OH excluding ortho intramolecular Hbond substituents is 1. The predicted molar refractivity (Wildman–Crippen MR) is 107 cm³/mol. The summed E-state index contributed by atoms with van der Waals surface area (Å²) < 4.78 is 45.2. The molecule has 2 aliphatic heterocycles. The molecule has 1 fully saturated rings. The molecule has 0 saturated carbocycles. The first-order valence-electron chi connectivity index (χ1n) is 10.2. The van der Waals surface area contributed by atoms with Gasteiger partial charge in [0.15, 0.2) is 0 Å². The van der Waals surface area contributed by atoms with E-state index in [1.54, 1.807) is 6.07 Å². The van der Waals surface area contributed by atoms with Gasteiger partial charge in [0, 0.05) is 48.2 Å². The molecule has 160 valence electrons. The van der Waals surface area contributed by atoms with E-state index >= 15 is 0 Å². The SMILES string of the molecule is O=CC1CCN(c2ccc([C@H]3c4ccc(O)cc4OC[C@H]3CC(F)(F)F)cc2)CC1. The van der Waals surface area contributed by atoms with Crippen LogP contribution in [0.3, 0.4) is 0 Å².